The number of ether oxygens (including phenoxy) is 1. The van der Waals surface area contributed by atoms with Crippen molar-refractivity contribution in [2.75, 3.05) is 11.9 Å². The molecule has 2 N–H and O–H groups in total. The average Bonchev–Trinajstić information content (AvgIpc) is 2.77. The molecular weight excluding hydrogens is 516 g/mol. The monoisotopic (exact) mass is 536 g/mol. The first-order chi connectivity index (χ1) is 15.3. The highest BCUT2D eigenvalue weighted by molar-refractivity contribution is 9.10. The third kappa shape index (κ3) is 6.32. The highest BCUT2D eigenvalue weighted by atomic mass is 79.9. The number of rotatable bonds is 9. The van der Waals surface area contributed by atoms with E-state index in [-0.39, 0.29) is 16.3 Å². The molecule has 0 spiro atoms. The number of halogens is 2. The van der Waals surface area contributed by atoms with Crippen molar-refractivity contribution in [3.8, 4) is 5.75 Å². The molecule has 0 aliphatic carbocycles. The Labute approximate surface area is 201 Å². The van der Waals surface area contributed by atoms with Crippen LogP contribution in [0.4, 0.5) is 5.69 Å². The molecule has 0 aliphatic rings. The van der Waals surface area contributed by atoms with Crippen LogP contribution in [0.1, 0.15) is 12.5 Å². The molecule has 0 saturated carbocycles. The number of nitrogens with one attached hydrogen (secondary N) is 2. The van der Waals surface area contributed by atoms with E-state index in [2.05, 4.69) is 26.0 Å². The predicted octanol–water partition coefficient (Wildman–Crippen LogP) is 5.03. The van der Waals surface area contributed by atoms with E-state index in [0.29, 0.717) is 22.5 Å². The third-order valence-electron chi connectivity index (χ3n) is 4.54. The number of sulfonamides is 1. The summed E-state index contributed by atoms with van der Waals surface area (Å²) in [6, 6.07) is 19.4. The quantitative estimate of drug-likeness (QED) is 0.401. The van der Waals surface area contributed by atoms with Crippen LogP contribution in [0.25, 0.3) is 0 Å². The molecule has 0 aliphatic heterocycles. The molecule has 0 aromatic heterocycles. The Bertz CT molecular complexity index is 1190. The van der Waals surface area contributed by atoms with Crippen LogP contribution in [0.2, 0.25) is 5.02 Å². The van der Waals surface area contributed by atoms with Gasteiger partial charge in [0.2, 0.25) is 15.9 Å². The van der Waals surface area contributed by atoms with Crippen LogP contribution >= 0.6 is 27.5 Å². The van der Waals surface area contributed by atoms with Gasteiger partial charge in [-0.25, -0.2) is 8.42 Å². The van der Waals surface area contributed by atoms with Gasteiger partial charge in [-0.2, -0.15) is 4.72 Å². The minimum atomic E-state index is -4.04. The first-order valence-corrected chi connectivity index (χ1v) is 12.5. The van der Waals surface area contributed by atoms with E-state index in [4.69, 9.17) is 16.3 Å². The van der Waals surface area contributed by atoms with Crippen molar-refractivity contribution in [1.82, 2.24) is 4.72 Å². The highest BCUT2D eigenvalue weighted by Crippen LogP contribution is 2.28. The summed E-state index contributed by atoms with van der Waals surface area (Å²) >= 11 is 9.55. The predicted molar refractivity (Wildman–Crippen MR) is 130 cm³/mol. The third-order valence-corrected chi connectivity index (χ3v) is 7.00. The smallest absolute Gasteiger partial charge is 0.242 e. The zero-order valence-electron chi connectivity index (χ0n) is 17.2. The van der Waals surface area contributed by atoms with Gasteiger partial charge in [0.1, 0.15) is 11.8 Å². The van der Waals surface area contributed by atoms with Crippen LogP contribution in [0.3, 0.4) is 0 Å². The fourth-order valence-corrected chi connectivity index (χ4v) is 4.90. The summed E-state index contributed by atoms with van der Waals surface area (Å²) in [6.07, 6.45) is 0.168. The van der Waals surface area contributed by atoms with E-state index >= 15 is 0 Å². The van der Waals surface area contributed by atoms with Crippen molar-refractivity contribution >= 4 is 49.1 Å². The van der Waals surface area contributed by atoms with E-state index in [0.717, 1.165) is 5.56 Å². The summed E-state index contributed by atoms with van der Waals surface area (Å²) < 4.78 is 34.7. The van der Waals surface area contributed by atoms with E-state index in [1.165, 1.54) is 18.2 Å². The number of amides is 1. The van der Waals surface area contributed by atoms with Crippen molar-refractivity contribution in [2.45, 2.75) is 24.3 Å². The van der Waals surface area contributed by atoms with Gasteiger partial charge >= 0.3 is 0 Å². The molecule has 1 atom stereocenters. The molecule has 32 heavy (non-hydrogen) atoms. The minimum absolute atomic E-state index is 0.0577. The lowest BCUT2D eigenvalue weighted by molar-refractivity contribution is -0.117. The average molecular weight is 538 g/mol. The molecule has 9 heteroatoms. The lowest BCUT2D eigenvalue weighted by atomic mass is 10.1. The number of carbonyl (C=O) groups excluding carboxylic acids is 1. The second kappa shape index (κ2) is 11.0. The minimum Gasteiger partial charge on any atom is -0.492 e. The molecule has 168 valence electrons. The number of hydrogen-bond donors (Lipinski definition) is 2. The van der Waals surface area contributed by atoms with Crippen LogP contribution < -0.4 is 14.8 Å². The SMILES string of the molecule is CCOc1ccc(S(=O)(=O)N[C@@H](Cc2ccccc2)C(=O)Nc2ccccc2Br)cc1Cl. The number of benzene rings is 3. The van der Waals surface area contributed by atoms with Crippen molar-refractivity contribution in [3.63, 3.8) is 0 Å². The molecule has 3 aromatic rings. The van der Waals surface area contributed by atoms with E-state index in [1.807, 2.05) is 36.4 Å². The van der Waals surface area contributed by atoms with Gasteiger partial charge in [-0.1, -0.05) is 54.1 Å². The Kier molecular flexibility index (Phi) is 8.31. The van der Waals surface area contributed by atoms with Crippen LogP contribution in [0.15, 0.2) is 82.2 Å². The van der Waals surface area contributed by atoms with Crippen LogP contribution in [-0.2, 0) is 21.2 Å². The zero-order chi connectivity index (χ0) is 23.1. The summed E-state index contributed by atoms with van der Waals surface area (Å²) in [5, 5.41) is 2.96. The molecular formula is C23H22BrClN2O4S. The lowest BCUT2D eigenvalue weighted by Gasteiger charge is -2.19. The van der Waals surface area contributed by atoms with Gasteiger partial charge in [-0.3, -0.25) is 4.79 Å². The normalized spacial score (nSPS) is 12.2. The molecule has 0 saturated heterocycles. The van der Waals surface area contributed by atoms with Crippen LogP contribution in [0.5, 0.6) is 5.75 Å². The summed E-state index contributed by atoms with van der Waals surface area (Å²) in [7, 11) is -4.04. The maximum absolute atomic E-state index is 13.1. The van der Waals surface area contributed by atoms with Crippen molar-refractivity contribution in [2.24, 2.45) is 0 Å². The van der Waals surface area contributed by atoms with Gasteiger partial charge in [0.25, 0.3) is 0 Å². The maximum Gasteiger partial charge on any atom is 0.242 e. The molecule has 3 rings (SSSR count). The Morgan fingerprint density at radius 3 is 2.41 bits per heavy atom. The highest BCUT2D eigenvalue weighted by Gasteiger charge is 2.27. The molecule has 3 aromatic carbocycles. The molecule has 0 unspecified atom stereocenters. The standard InChI is InChI=1S/C23H22BrClN2O4S/c1-2-31-22-13-12-17(15-19(22)25)32(29,30)27-21(14-16-8-4-3-5-9-16)23(28)26-20-11-7-6-10-18(20)24/h3-13,15,21,27H,2,14H2,1H3,(H,26,28)/t21-/m0/s1. The van der Waals surface area contributed by atoms with E-state index in [1.54, 1.807) is 25.1 Å². The van der Waals surface area contributed by atoms with Crippen molar-refractivity contribution < 1.29 is 17.9 Å². The second-order valence-corrected chi connectivity index (χ2v) is 9.83. The molecule has 1 amide bonds. The molecule has 0 fully saturated rings. The Hall–Kier alpha value is -2.39. The summed E-state index contributed by atoms with van der Waals surface area (Å²) in [6.45, 7) is 2.21. The van der Waals surface area contributed by atoms with Crippen LogP contribution in [-0.4, -0.2) is 27.0 Å². The van der Waals surface area contributed by atoms with Gasteiger partial charge in [0, 0.05) is 4.47 Å². The Balaban J connectivity index is 1.88. The Morgan fingerprint density at radius 2 is 1.75 bits per heavy atom. The van der Waals surface area contributed by atoms with Gasteiger partial charge in [-0.05, 0) is 65.2 Å². The lowest BCUT2D eigenvalue weighted by Crippen LogP contribution is -2.45. The van der Waals surface area contributed by atoms with Gasteiger partial charge in [-0.15, -0.1) is 0 Å². The second-order valence-electron chi connectivity index (χ2n) is 6.86. The van der Waals surface area contributed by atoms with Crippen molar-refractivity contribution in [1.29, 1.82) is 0 Å². The van der Waals surface area contributed by atoms with Crippen LogP contribution in [0, 0.1) is 0 Å². The maximum atomic E-state index is 13.1. The van der Waals surface area contributed by atoms with Gasteiger partial charge < -0.3 is 10.1 Å². The summed E-state index contributed by atoms with van der Waals surface area (Å²) in [4.78, 5) is 13.0. The summed E-state index contributed by atoms with van der Waals surface area (Å²) in [5.41, 5.74) is 1.35. The molecule has 6 nitrogen and oxygen atoms in total. The largest absolute Gasteiger partial charge is 0.492 e. The number of anilines is 1. The number of para-hydroxylation sites is 1. The fraction of sp³-hybridized carbons (Fsp3) is 0.174. The Morgan fingerprint density at radius 1 is 1.06 bits per heavy atom. The molecule has 0 bridgehead atoms. The topological polar surface area (TPSA) is 84.5 Å². The van der Waals surface area contributed by atoms with Crippen molar-refractivity contribution in [3.05, 3.63) is 87.9 Å². The fourth-order valence-electron chi connectivity index (χ4n) is 3.00. The van der Waals surface area contributed by atoms with E-state index < -0.39 is 22.0 Å². The molecule has 0 radical (unpaired) electrons. The van der Waals surface area contributed by atoms with E-state index in [9.17, 15) is 13.2 Å². The first kappa shape index (κ1) is 24.3. The first-order valence-electron chi connectivity index (χ1n) is 9.84. The van der Waals surface area contributed by atoms with Gasteiger partial charge in [0.05, 0.1) is 22.2 Å². The van der Waals surface area contributed by atoms with Gasteiger partial charge in [0.15, 0.2) is 0 Å². The summed E-state index contributed by atoms with van der Waals surface area (Å²) in [5.74, 6) is -0.0954. The zero-order valence-corrected chi connectivity index (χ0v) is 20.4. The molecule has 0 heterocycles. The number of carbonyl (C=O) groups is 1. The number of hydrogen-bond acceptors (Lipinski definition) is 4.